The lowest BCUT2D eigenvalue weighted by molar-refractivity contribution is 0.490. The van der Waals surface area contributed by atoms with Gasteiger partial charge in [-0.05, 0) is 28.7 Å². The smallest absolute Gasteiger partial charge is 0.207 e. The number of halogens is 7. The van der Waals surface area contributed by atoms with Crippen LogP contribution < -0.4 is 0 Å². The molecule has 0 nitrogen and oxygen atoms in total. The Balaban J connectivity index is 2.33. The van der Waals surface area contributed by atoms with Crippen LogP contribution in [0.5, 0.6) is 0 Å². The highest BCUT2D eigenvalue weighted by atomic mass is 127. The molecule has 8 heteroatoms. The molecule has 0 heterocycles. The van der Waals surface area contributed by atoms with Crippen molar-refractivity contribution in [2.24, 2.45) is 0 Å². The minimum absolute atomic E-state index is 0.0761. The lowest BCUT2D eigenvalue weighted by Crippen LogP contribution is -2.10. The van der Waals surface area contributed by atoms with E-state index in [4.69, 9.17) is 0 Å². The largest absolute Gasteiger partial charge is 0.214 e. The van der Waals surface area contributed by atoms with Crippen molar-refractivity contribution < 1.29 is 26.3 Å². The van der Waals surface area contributed by atoms with Crippen LogP contribution in [0.3, 0.4) is 0 Å². The highest BCUT2D eigenvalue weighted by molar-refractivity contribution is 14.1. The number of hydrogen-bond acceptors (Lipinski definition) is 0. The molecular formula is C18H8F6IS+. The minimum atomic E-state index is -1.67. The molecule has 0 fully saturated rings. The van der Waals surface area contributed by atoms with Gasteiger partial charge in [0.2, 0.25) is 10.7 Å². The van der Waals surface area contributed by atoms with Gasteiger partial charge in [0.1, 0.15) is 34.2 Å². The Morgan fingerprint density at radius 3 is 1.42 bits per heavy atom. The Morgan fingerprint density at radius 2 is 1.00 bits per heavy atom. The first-order valence-electron chi connectivity index (χ1n) is 7.05. The monoisotopic (exact) mass is 497 g/mol. The molecule has 0 unspecified atom stereocenters. The first kappa shape index (κ1) is 19.1. The van der Waals surface area contributed by atoms with E-state index >= 15 is 0 Å². The lowest BCUT2D eigenvalue weighted by atomic mass is 10.3. The van der Waals surface area contributed by atoms with Crippen molar-refractivity contribution in [3.8, 4) is 0 Å². The van der Waals surface area contributed by atoms with E-state index in [1.165, 1.54) is 6.07 Å². The van der Waals surface area contributed by atoms with Crippen LogP contribution in [0.15, 0.2) is 63.2 Å². The molecule has 0 aliphatic carbocycles. The molecule has 0 saturated heterocycles. The second-order valence-corrected chi connectivity index (χ2v) is 8.46. The molecule has 134 valence electrons. The van der Waals surface area contributed by atoms with E-state index in [9.17, 15) is 26.3 Å². The average Bonchev–Trinajstić information content (AvgIpc) is 2.50. The fraction of sp³-hybridized carbons (Fsp3) is 0. The molecule has 0 N–H and O–H groups in total. The summed E-state index contributed by atoms with van der Waals surface area (Å²) in [6.07, 6.45) is 0. The van der Waals surface area contributed by atoms with Crippen molar-refractivity contribution in [2.45, 2.75) is 14.7 Å². The fourth-order valence-electron chi connectivity index (χ4n) is 2.36. The van der Waals surface area contributed by atoms with Crippen LogP contribution in [0.25, 0.3) is 0 Å². The van der Waals surface area contributed by atoms with Crippen LogP contribution in [0, 0.1) is 38.5 Å². The molecule has 26 heavy (non-hydrogen) atoms. The van der Waals surface area contributed by atoms with Crippen LogP contribution in [0.1, 0.15) is 0 Å². The maximum Gasteiger partial charge on any atom is 0.214 e. The minimum Gasteiger partial charge on any atom is -0.207 e. The molecule has 0 bridgehead atoms. The SMILES string of the molecule is Fc1cc(F)cc([S+](c2cc(F)cc(F)c2)c2cc(I)cc(F)c2F)c1. The Labute approximate surface area is 161 Å². The third-order valence-corrected chi connectivity index (χ3v) is 6.10. The van der Waals surface area contributed by atoms with Gasteiger partial charge in [-0.25, -0.2) is 22.0 Å². The van der Waals surface area contributed by atoms with Crippen LogP contribution in [-0.4, -0.2) is 0 Å². The Morgan fingerprint density at radius 1 is 0.577 bits per heavy atom. The molecule has 0 aliphatic rings. The summed E-state index contributed by atoms with van der Waals surface area (Å²) in [4.78, 5) is -0.412. The molecule has 3 rings (SSSR count). The summed E-state index contributed by atoms with van der Waals surface area (Å²) >= 11 is 1.75. The maximum absolute atomic E-state index is 14.5. The first-order chi connectivity index (χ1) is 12.2. The van der Waals surface area contributed by atoms with E-state index in [0.29, 0.717) is 15.7 Å². The van der Waals surface area contributed by atoms with Crippen LogP contribution in [0.2, 0.25) is 0 Å². The van der Waals surface area contributed by atoms with E-state index in [0.717, 1.165) is 30.3 Å². The van der Waals surface area contributed by atoms with Gasteiger partial charge in [0, 0.05) is 46.0 Å². The molecule has 0 atom stereocenters. The van der Waals surface area contributed by atoms with Gasteiger partial charge in [-0.3, -0.25) is 0 Å². The van der Waals surface area contributed by atoms with Crippen LogP contribution in [-0.2, 0) is 10.9 Å². The van der Waals surface area contributed by atoms with E-state index in [1.807, 2.05) is 0 Å². The fourth-order valence-corrected chi connectivity index (χ4v) is 5.38. The standard InChI is InChI=1S/C18H8F6IS/c19-9-1-10(20)4-14(3-9)26(15-5-11(21)2-12(22)6-15)17-8-13(25)7-16(23)18(17)24/h1-8H/q+1. The summed E-state index contributed by atoms with van der Waals surface area (Å²) in [7, 11) is -1.67. The van der Waals surface area contributed by atoms with Crippen molar-refractivity contribution in [1.82, 2.24) is 0 Å². The number of hydrogen-bond donors (Lipinski definition) is 0. The van der Waals surface area contributed by atoms with Crippen molar-refractivity contribution in [1.29, 1.82) is 0 Å². The molecule has 0 saturated carbocycles. The van der Waals surface area contributed by atoms with Gasteiger partial charge in [0.25, 0.3) is 0 Å². The van der Waals surface area contributed by atoms with Gasteiger partial charge in [-0.1, -0.05) is 0 Å². The van der Waals surface area contributed by atoms with Gasteiger partial charge >= 0.3 is 0 Å². The van der Waals surface area contributed by atoms with Crippen molar-refractivity contribution in [3.63, 3.8) is 0 Å². The quantitative estimate of drug-likeness (QED) is 0.175. The zero-order chi connectivity index (χ0) is 19.0. The molecule has 3 aromatic rings. The molecule has 0 radical (unpaired) electrons. The highest BCUT2D eigenvalue weighted by Crippen LogP contribution is 2.35. The zero-order valence-electron chi connectivity index (χ0n) is 12.7. The highest BCUT2D eigenvalue weighted by Gasteiger charge is 2.35. The maximum atomic E-state index is 14.5. The predicted octanol–water partition coefficient (Wildman–Crippen LogP) is 6.22. The molecule has 3 aromatic carbocycles. The van der Waals surface area contributed by atoms with E-state index < -0.39 is 45.8 Å². The topological polar surface area (TPSA) is 0 Å². The van der Waals surface area contributed by atoms with Crippen molar-refractivity contribution >= 4 is 33.5 Å². The summed E-state index contributed by atoms with van der Waals surface area (Å²) in [5, 5.41) is 0. The Kier molecular flexibility index (Phi) is 5.52. The van der Waals surface area contributed by atoms with Gasteiger partial charge in [0.05, 0.1) is 0 Å². The summed E-state index contributed by atoms with van der Waals surface area (Å²) in [6, 6.07) is 7.13. The van der Waals surface area contributed by atoms with Gasteiger partial charge in [-0.15, -0.1) is 0 Å². The average molecular weight is 497 g/mol. The third-order valence-electron chi connectivity index (χ3n) is 3.32. The zero-order valence-corrected chi connectivity index (χ0v) is 15.6. The molecule has 0 spiro atoms. The van der Waals surface area contributed by atoms with Crippen LogP contribution in [0.4, 0.5) is 26.3 Å². The summed E-state index contributed by atoms with van der Waals surface area (Å²) in [5.74, 6) is -6.19. The second kappa shape index (κ2) is 7.51. The normalized spacial score (nSPS) is 11.2. The van der Waals surface area contributed by atoms with E-state index in [1.54, 1.807) is 22.6 Å². The number of benzene rings is 3. The van der Waals surface area contributed by atoms with Crippen molar-refractivity contribution in [2.75, 3.05) is 0 Å². The molecular weight excluding hydrogens is 489 g/mol. The summed E-state index contributed by atoms with van der Waals surface area (Å²) in [6.45, 7) is 0. The van der Waals surface area contributed by atoms with E-state index in [2.05, 4.69) is 0 Å². The summed E-state index contributed by atoms with van der Waals surface area (Å²) < 4.78 is 83.4. The Bertz CT molecular complexity index is 900. The van der Waals surface area contributed by atoms with Gasteiger partial charge < -0.3 is 0 Å². The van der Waals surface area contributed by atoms with Gasteiger partial charge in [-0.2, -0.15) is 4.39 Å². The summed E-state index contributed by atoms with van der Waals surface area (Å²) in [5.41, 5.74) is 0. The predicted molar refractivity (Wildman–Crippen MR) is 94.0 cm³/mol. The number of rotatable bonds is 3. The van der Waals surface area contributed by atoms with Gasteiger partial charge in [0.15, 0.2) is 15.6 Å². The van der Waals surface area contributed by atoms with Crippen LogP contribution >= 0.6 is 22.6 Å². The molecule has 0 amide bonds. The second-order valence-electron chi connectivity index (χ2n) is 5.22. The Hall–Kier alpha value is -1.68. The molecule has 0 aliphatic heterocycles. The lowest BCUT2D eigenvalue weighted by Gasteiger charge is -2.10. The first-order valence-corrected chi connectivity index (χ1v) is 9.36. The third kappa shape index (κ3) is 4.01. The van der Waals surface area contributed by atoms with E-state index in [-0.39, 0.29) is 14.7 Å². The molecule has 0 aromatic heterocycles. The van der Waals surface area contributed by atoms with Crippen molar-refractivity contribution in [3.05, 3.63) is 87.0 Å².